The number of anilines is 4. The third-order valence-corrected chi connectivity index (χ3v) is 6.38. The number of ether oxygens (including phenoxy) is 2. The number of benzene rings is 1. The Morgan fingerprint density at radius 2 is 2.05 bits per heavy atom. The van der Waals surface area contributed by atoms with E-state index < -0.39 is 0 Å². The minimum atomic E-state index is -0.261. The van der Waals surface area contributed by atoms with Crippen molar-refractivity contribution in [3.8, 4) is 5.88 Å². The van der Waals surface area contributed by atoms with E-state index in [9.17, 15) is 4.79 Å². The Hall–Kier alpha value is -3.96. The van der Waals surface area contributed by atoms with E-state index in [0.717, 1.165) is 56.0 Å². The second-order valence-electron chi connectivity index (χ2n) is 8.98. The van der Waals surface area contributed by atoms with Crippen molar-refractivity contribution >= 4 is 28.9 Å². The molecule has 2 fully saturated rings. The molecule has 0 spiro atoms. The summed E-state index contributed by atoms with van der Waals surface area (Å²) in [5.74, 6) is 0.650. The number of amides is 1. The van der Waals surface area contributed by atoms with Gasteiger partial charge in [-0.25, -0.2) is 4.98 Å². The maximum absolute atomic E-state index is 11.7. The number of hydrogen-bond donors (Lipinski definition) is 3. The van der Waals surface area contributed by atoms with Crippen LogP contribution in [0.25, 0.3) is 0 Å². The molecule has 1 aromatic carbocycles. The lowest BCUT2D eigenvalue weighted by Gasteiger charge is -2.29. The molecule has 0 bridgehead atoms. The zero-order chi connectivity index (χ0) is 25.5. The van der Waals surface area contributed by atoms with Gasteiger partial charge in [0.1, 0.15) is 12.3 Å². The molecule has 2 aromatic heterocycles. The summed E-state index contributed by atoms with van der Waals surface area (Å²) in [7, 11) is 0. The quantitative estimate of drug-likeness (QED) is 0.378. The number of rotatable bonds is 9. The number of piperidine rings is 1. The summed E-state index contributed by atoms with van der Waals surface area (Å²) < 4.78 is 13.7. The zero-order valence-corrected chi connectivity index (χ0v) is 20.7. The van der Waals surface area contributed by atoms with E-state index in [1.165, 1.54) is 6.08 Å². The van der Waals surface area contributed by atoms with Crippen molar-refractivity contribution in [3.05, 3.63) is 61.1 Å². The summed E-state index contributed by atoms with van der Waals surface area (Å²) in [6.07, 6.45) is 8.94. The van der Waals surface area contributed by atoms with Crippen molar-refractivity contribution in [2.75, 3.05) is 54.9 Å². The molecule has 194 valence electrons. The lowest BCUT2D eigenvalue weighted by Crippen LogP contribution is -2.36. The summed E-state index contributed by atoms with van der Waals surface area (Å²) in [5.41, 5.74) is 3.21. The molecule has 2 aliphatic rings. The van der Waals surface area contributed by atoms with Gasteiger partial charge in [-0.3, -0.25) is 9.48 Å². The zero-order valence-electron chi connectivity index (χ0n) is 20.7. The lowest BCUT2D eigenvalue weighted by atomic mass is 10.1. The van der Waals surface area contributed by atoms with Crippen LogP contribution in [-0.2, 0) is 16.1 Å². The average Bonchev–Trinajstić information content (AvgIpc) is 3.41. The Kier molecular flexibility index (Phi) is 7.92. The van der Waals surface area contributed by atoms with E-state index in [1.54, 1.807) is 12.4 Å². The normalized spacial score (nSPS) is 16.3. The van der Waals surface area contributed by atoms with E-state index in [-0.39, 0.29) is 12.5 Å². The first-order chi connectivity index (χ1) is 18.2. The van der Waals surface area contributed by atoms with E-state index in [2.05, 4.69) is 37.5 Å². The van der Waals surface area contributed by atoms with Gasteiger partial charge in [-0.15, -0.1) is 0 Å². The molecular weight excluding hydrogens is 472 g/mol. The van der Waals surface area contributed by atoms with E-state index >= 15 is 0 Å². The fraction of sp³-hybridized carbons (Fsp3) is 0.385. The predicted molar refractivity (Wildman–Crippen MR) is 141 cm³/mol. The summed E-state index contributed by atoms with van der Waals surface area (Å²) in [4.78, 5) is 23.1. The molecule has 0 aliphatic carbocycles. The van der Waals surface area contributed by atoms with E-state index in [1.807, 2.05) is 35.1 Å². The molecule has 3 N–H and O–H groups in total. The Morgan fingerprint density at radius 1 is 1.22 bits per heavy atom. The highest BCUT2D eigenvalue weighted by atomic mass is 16.5. The highest BCUT2D eigenvalue weighted by Gasteiger charge is 2.20. The van der Waals surface area contributed by atoms with E-state index in [4.69, 9.17) is 14.5 Å². The minimum Gasteiger partial charge on any atom is -0.471 e. The van der Waals surface area contributed by atoms with Gasteiger partial charge in [-0.1, -0.05) is 18.7 Å². The van der Waals surface area contributed by atoms with Gasteiger partial charge in [0.2, 0.25) is 17.7 Å². The maximum Gasteiger partial charge on any atom is 0.247 e. The van der Waals surface area contributed by atoms with Gasteiger partial charge in [0.15, 0.2) is 0 Å². The maximum atomic E-state index is 11.7. The van der Waals surface area contributed by atoms with Gasteiger partial charge in [0.25, 0.3) is 0 Å². The molecule has 3 aromatic rings. The summed E-state index contributed by atoms with van der Waals surface area (Å²) in [6.45, 7) is 8.53. The molecule has 11 heteroatoms. The third kappa shape index (κ3) is 6.43. The number of nitrogens with zero attached hydrogens (tertiary/aromatic N) is 5. The van der Waals surface area contributed by atoms with Crippen LogP contribution >= 0.6 is 0 Å². The molecule has 4 heterocycles. The third-order valence-electron chi connectivity index (χ3n) is 6.38. The molecule has 0 saturated carbocycles. The van der Waals surface area contributed by atoms with Crippen LogP contribution < -0.4 is 25.6 Å². The van der Waals surface area contributed by atoms with Crippen LogP contribution in [0.5, 0.6) is 5.88 Å². The first kappa shape index (κ1) is 24.7. The van der Waals surface area contributed by atoms with Crippen LogP contribution in [0.2, 0.25) is 0 Å². The Balaban J connectivity index is 1.32. The number of morpholine rings is 1. The molecule has 11 nitrogen and oxygen atoms in total. The molecule has 0 radical (unpaired) electrons. The first-order valence-corrected chi connectivity index (χ1v) is 12.5. The largest absolute Gasteiger partial charge is 0.471 e. The van der Waals surface area contributed by atoms with Crippen LogP contribution in [-0.4, -0.2) is 65.0 Å². The van der Waals surface area contributed by atoms with Crippen molar-refractivity contribution in [1.29, 1.82) is 0 Å². The molecule has 2 saturated heterocycles. The minimum absolute atomic E-state index is 0.261. The molecule has 2 aliphatic heterocycles. The van der Waals surface area contributed by atoms with Crippen molar-refractivity contribution in [1.82, 2.24) is 25.1 Å². The SMILES string of the molecule is C=CC(=O)Nc1cccc(COc2nc(Nc3cnn(C4CCNCC4)c3)ncc2N2CCOCC2)c1. The predicted octanol–water partition coefficient (Wildman–Crippen LogP) is 2.88. The molecule has 1 amide bonds. The van der Waals surface area contributed by atoms with Crippen molar-refractivity contribution in [2.45, 2.75) is 25.5 Å². The van der Waals surface area contributed by atoms with Crippen LogP contribution in [0.3, 0.4) is 0 Å². The molecular formula is C26H32N8O3. The lowest BCUT2D eigenvalue weighted by molar-refractivity contribution is -0.111. The summed E-state index contributed by atoms with van der Waals surface area (Å²) in [5, 5.41) is 14.0. The number of carbonyl (C=O) groups excluding carboxylic acids is 1. The highest BCUT2D eigenvalue weighted by molar-refractivity contribution is 5.98. The van der Waals surface area contributed by atoms with E-state index in [0.29, 0.717) is 36.8 Å². The molecule has 0 unspecified atom stereocenters. The summed E-state index contributed by atoms with van der Waals surface area (Å²) in [6, 6.07) is 7.89. The van der Waals surface area contributed by atoms with Crippen LogP contribution in [0, 0.1) is 0 Å². The Morgan fingerprint density at radius 3 is 2.86 bits per heavy atom. The Labute approximate surface area is 215 Å². The average molecular weight is 505 g/mol. The summed E-state index contributed by atoms with van der Waals surface area (Å²) >= 11 is 0. The monoisotopic (exact) mass is 504 g/mol. The van der Waals surface area contributed by atoms with Crippen molar-refractivity contribution in [2.24, 2.45) is 0 Å². The van der Waals surface area contributed by atoms with Crippen LogP contribution in [0.1, 0.15) is 24.4 Å². The van der Waals surface area contributed by atoms with Gasteiger partial charge < -0.3 is 30.3 Å². The van der Waals surface area contributed by atoms with Crippen molar-refractivity contribution < 1.29 is 14.3 Å². The number of carbonyl (C=O) groups is 1. The molecule has 37 heavy (non-hydrogen) atoms. The van der Waals surface area contributed by atoms with Crippen molar-refractivity contribution in [3.63, 3.8) is 0 Å². The number of aromatic nitrogens is 4. The second-order valence-corrected chi connectivity index (χ2v) is 8.98. The highest BCUT2D eigenvalue weighted by Crippen LogP contribution is 2.29. The van der Waals surface area contributed by atoms with Crippen LogP contribution in [0.15, 0.2) is 55.5 Å². The van der Waals surface area contributed by atoms with Gasteiger partial charge in [-0.05, 0) is 49.7 Å². The fourth-order valence-corrected chi connectivity index (χ4v) is 4.43. The standard InChI is InChI=1S/C26H32N8O3/c1-2-24(35)30-20-5-3-4-19(14-20)18-37-25-23(33-10-12-36-13-11-33)16-28-26(32-25)31-21-15-29-34(17-21)22-6-8-27-9-7-22/h2-5,14-17,22,27H,1,6-13,18H2,(H,30,35)(H,28,31,32). The first-order valence-electron chi connectivity index (χ1n) is 12.5. The number of nitrogens with one attached hydrogen (secondary N) is 3. The van der Waals surface area contributed by atoms with Gasteiger partial charge >= 0.3 is 0 Å². The van der Waals surface area contributed by atoms with Gasteiger partial charge in [0, 0.05) is 25.0 Å². The fourth-order valence-electron chi connectivity index (χ4n) is 4.43. The van der Waals surface area contributed by atoms with Crippen LogP contribution in [0.4, 0.5) is 23.0 Å². The van der Waals surface area contributed by atoms with Gasteiger partial charge in [-0.2, -0.15) is 10.1 Å². The van der Waals surface area contributed by atoms with Gasteiger partial charge in [0.05, 0.1) is 37.3 Å². The second kappa shape index (κ2) is 11.8. The Bertz CT molecular complexity index is 1220. The topological polar surface area (TPSA) is 118 Å². The molecule has 0 atom stereocenters. The molecule has 5 rings (SSSR count). The smallest absolute Gasteiger partial charge is 0.247 e. The number of hydrogen-bond acceptors (Lipinski definition) is 9.